The summed E-state index contributed by atoms with van der Waals surface area (Å²) >= 11 is 6.24. The molecule has 0 unspecified atom stereocenters. The maximum absolute atomic E-state index is 13.0. The zero-order valence-electron chi connectivity index (χ0n) is 17.4. The molecule has 0 spiro atoms. The van der Waals surface area contributed by atoms with Crippen LogP contribution in [0, 0.1) is 5.92 Å². The number of carbonyl (C=O) groups is 1. The molecule has 2 aliphatic rings. The lowest BCUT2D eigenvalue weighted by Gasteiger charge is -2.39. The first-order chi connectivity index (χ1) is 14.9. The van der Waals surface area contributed by atoms with Gasteiger partial charge in [-0.05, 0) is 30.5 Å². The van der Waals surface area contributed by atoms with E-state index < -0.39 is 10.0 Å². The van der Waals surface area contributed by atoms with Crippen molar-refractivity contribution in [3.63, 3.8) is 0 Å². The zero-order chi connectivity index (χ0) is 21.8. The molecule has 0 atom stereocenters. The SMILES string of the molecule is O=C(C1CCN(S(=O)(=O)Cc2ccccc2)CC1)N1CCN(c2ncccc2Cl)CC1. The maximum Gasteiger partial charge on any atom is 0.225 e. The quantitative estimate of drug-likeness (QED) is 0.682. The smallest absolute Gasteiger partial charge is 0.225 e. The standard InChI is InChI=1S/C22H27ClN4O3S/c23-20-7-4-10-24-21(20)25-13-15-26(16-14-25)22(28)19-8-11-27(12-9-19)31(29,30)17-18-5-2-1-3-6-18/h1-7,10,19H,8-9,11-17H2. The molecule has 0 radical (unpaired) electrons. The summed E-state index contributed by atoms with van der Waals surface area (Å²) in [6.45, 7) is 3.42. The first kappa shape index (κ1) is 22.0. The Hall–Kier alpha value is -2.16. The molecule has 2 saturated heterocycles. The third-order valence-electron chi connectivity index (χ3n) is 6.02. The van der Waals surface area contributed by atoms with Crippen LogP contribution in [0.25, 0.3) is 0 Å². The Labute approximate surface area is 188 Å². The molecule has 1 aromatic heterocycles. The van der Waals surface area contributed by atoms with E-state index in [-0.39, 0.29) is 17.6 Å². The van der Waals surface area contributed by atoms with E-state index in [9.17, 15) is 13.2 Å². The molecule has 7 nitrogen and oxygen atoms in total. The number of carbonyl (C=O) groups excluding carboxylic acids is 1. The van der Waals surface area contributed by atoms with Crippen LogP contribution in [-0.2, 0) is 20.6 Å². The summed E-state index contributed by atoms with van der Waals surface area (Å²) in [6, 6.07) is 12.8. The van der Waals surface area contributed by atoms with E-state index in [4.69, 9.17) is 11.6 Å². The van der Waals surface area contributed by atoms with Gasteiger partial charge in [0.25, 0.3) is 0 Å². The number of aromatic nitrogens is 1. The number of halogens is 1. The second-order valence-electron chi connectivity index (χ2n) is 8.04. The monoisotopic (exact) mass is 462 g/mol. The minimum atomic E-state index is -3.37. The number of anilines is 1. The largest absolute Gasteiger partial charge is 0.352 e. The summed E-state index contributed by atoms with van der Waals surface area (Å²) in [5.41, 5.74) is 0.784. The van der Waals surface area contributed by atoms with Gasteiger partial charge in [0.1, 0.15) is 5.82 Å². The van der Waals surface area contributed by atoms with E-state index in [0.717, 1.165) is 11.4 Å². The van der Waals surface area contributed by atoms with Gasteiger partial charge < -0.3 is 9.80 Å². The van der Waals surface area contributed by atoms with Crippen molar-refractivity contribution in [1.29, 1.82) is 0 Å². The summed E-state index contributed by atoms with van der Waals surface area (Å²) in [7, 11) is -3.37. The average Bonchev–Trinajstić information content (AvgIpc) is 2.80. The van der Waals surface area contributed by atoms with Gasteiger partial charge >= 0.3 is 0 Å². The van der Waals surface area contributed by atoms with Crippen LogP contribution < -0.4 is 4.90 Å². The predicted molar refractivity (Wildman–Crippen MR) is 121 cm³/mol. The molecule has 2 fully saturated rings. The van der Waals surface area contributed by atoms with E-state index in [1.807, 2.05) is 41.3 Å². The van der Waals surface area contributed by atoms with Crippen molar-refractivity contribution in [3.05, 3.63) is 59.2 Å². The highest BCUT2D eigenvalue weighted by Gasteiger charge is 2.34. The number of hydrogen-bond acceptors (Lipinski definition) is 5. The normalized spacial score (nSPS) is 18.9. The topological polar surface area (TPSA) is 73.8 Å². The van der Waals surface area contributed by atoms with Gasteiger partial charge in [-0.15, -0.1) is 0 Å². The Morgan fingerprint density at radius 1 is 0.968 bits per heavy atom. The number of pyridine rings is 1. The van der Waals surface area contributed by atoms with Gasteiger partial charge in [-0.2, -0.15) is 0 Å². The molecule has 1 amide bonds. The van der Waals surface area contributed by atoms with Crippen LogP contribution in [0.4, 0.5) is 5.82 Å². The molecule has 166 valence electrons. The molecule has 3 heterocycles. The first-order valence-electron chi connectivity index (χ1n) is 10.6. The van der Waals surface area contributed by atoms with Crippen molar-refractivity contribution in [1.82, 2.24) is 14.2 Å². The molecule has 0 saturated carbocycles. The number of benzene rings is 1. The lowest BCUT2D eigenvalue weighted by molar-refractivity contribution is -0.137. The Bertz CT molecular complexity index is 1000. The fourth-order valence-corrected chi connectivity index (χ4v) is 6.07. The Morgan fingerprint density at radius 3 is 2.29 bits per heavy atom. The summed E-state index contributed by atoms with van der Waals surface area (Å²) in [5, 5.41) is 0.617. The number of sulfonamides is 1. The third-order valence-corrected chi connectivity index (χ3v) is 8.16. The third kappa shape index (κ3) is 5.19. The summed E-state index contributed by atoms with van der Waals surface area (Å²) in [5.74, 6) is 0.776. The summed E-state index contributed by atoms with van der Waals surface area (Å²) in [4.78, 5) is 21.4. The number of amides is 1. The Kier molecular flexibility index (Phi) is 6.79. The zero-order valence-corrected chi connectivity index (χ0v) is 18.9. The average molecular weight is 463 g/mol. The molecular formula is C22H27ClN4O3S. The number of hydrogen-bond donors (Lipinski definition) is 0. The molecule has 1 aromatic carbocycles. The number of rotatable bonds is 5. The van der Waals surface area contributed by atoms with Crippen LogP contribution in [0.2, 0.25) is 5.02 Å². The first-order valence-corrected chi connectivity index (χ1v) is 12.6. The van der Waals surface area contributed by atoms with Gasteiger partial charge in [-0.1, -0.05) is 41.9 Å². The van der Waals surface area contributed by atoms with Gasteiger partial charge in [0.2, 0.25) is 15.9 Å². The van der Waals surface area contributed by atoms with Crippen molar-refractivity contribution in [2.75, 3.05) is 44.2 Å². The molecule has 0 bridgehead atoms. The van der Waals surface area contributed by atoms with Gasteiger partial charge in [0, 0.05) is 51.4 Å². The molecule has 4 rings (SSSR count). The van der Waals surface area contributed by atoms with Gasteiger partial charge in [-0.25, -0.2) is 17.7 Å². The summed E-state index contributed by atoms with van der Waals surface area (Å²) in [6.07, 6.45) is 2.86. The van der Waals surface area contributed by atoms with E-state index in [2.05, 4.69) is 9.88 Å². The van der Waals surface area contributed by atoms with E-state index in [1.54, 1.807) is 12.3 Å². The van der Waals surface area contributed by atoms with Crippen molar-refractivity contribution < 1.29 is 13.2 Å². The van der Waals surface area contributed by atoms with E-state index in [1.165, 1.54) is 4.31 Å². The molecule has 9 heteroatoms. The second-order valence-corrected chi connectivity index (χ2v) is 10.4. The van der Waals surface area contributed by atoms with Gasteiger partial charge in [-0.3, -0.25) is 4.79 Å². The highest BCUT2D eigenvalue weighted by atomic mass is 35.5. The van der Waals surface area contributed by atoms with E-state index in [0.29, 0.717) is 57.1 Å². The van der Waals surface area contributed by atoms with Gasteiger partial charge in [0.05, 0.1) is 10.8 Å². The van der Waals surface area contributed by atoms with Crippen LogP contribution in [0.15, 0.2) is 48.7 Å². The molecule has 0 N–H and O–H groups in total. The lowest BCUT2D eigenvalue weighted by atomic mass is 9.96. The molecule has 31 heavy (non-hydrogen) atoms. The van der Waals surface area contributed by atoms with Crippen LogP contribution in [0.3, 0.4) is 0 Å². The van der Waals surface area contributed by atoms with Crippen LogP contribution in [0.5, 0.6) is 0 Å². The number of nitrogens with zero attached hydrogens (tertiary/aromatic N) is 4. The van der Waals surface area contributed by atoms with Crippen molar-refractivity contribution >= 4 is 33.3 Å². The van der Waals surface area contributed by atoms with Crippen LogP contribution in [-0.4, -0.2) is 67.8 Å². The highest BCUT2D eigenvalue weighted by molar-refractivity contribution is 7.88. The Balaban J connectivity index is 1.28. The second kappa shape index (κ2) is 9.54. The fraction of sp³-hybridized carbons (Fsp3) is 0.455. The maximum atomic E-state index is 13.0. The molecule has 0 aliphatic carbocycles. The minimum absolute atomic E-state index is 0.00446. The Morgan fingerprint density at radius 2 is 1.65 bits per heavy atom. The van der Waals surface area contributed by atoms with Crippen LogP contribution >= 0.6 is 11.6 Å². The molecule has 2 aliphatic heterocycles. The summed E-state index contributed by atoms with van der Waals surface area (Å²) < 4.78 is 27.0. The number of piperidine rings is 1. The number of piperazine rings is 1. The van der Waals surface area contributed by atoms with Crippen molar-refractivity contribution in [2.45, 2.75) is 18.6 Å². The molecule has 2 aromatic rings. The highest BCUT2D eigenvalue weighted by Crippen LogP contribution is 2.26. The van der Waals surface area contributed by atoms with Crippen LogP contribution in [0.1, 0.15) is 18.4 Å². The minimum Gasteiger partial charge on any atom is -0.352 e. The van der Waals surface area contributed by atoms with Crippen molar-refractivity contribution in [2.24, 2.45) is 5.92 Å². The van der Waals surface area contributed by atoms with Crippen molar-refractivity contribution in [3.8, 4) is 0 Å². The fourth-order valence-electron chi connectivity index (χ4n) is 4.26. The lowest BCUT2D eigenvalue weighted by Crippen LogP contribution is -2.52. The van der Waals surface area contributed by atoms with Gasteiger partial charge in [0.15, 0.2) is 0 Å². The molecular weight excluding hydrogens is 436 g/mol. The van der Waals surface area contributed by atoms with E-state index >= 15 is 0 Å². The predicted octanol–water partition coefficient (Wildman–Crippen LogP) is 2.63.